The molecule has 4 nitrogen and oxygen atoms in total. The summed E-state index contributed by atoms with van der Waals surface area (Å²) in [6.45, 7) is 0.214. The molecule has 1 fully saturated rings. The highest BCUT2D eigenvalue weighted by atomic mass is 19.4. The zero-order valence-electron chi connectivity index (χ0n) is 19.8. The van der Waals surface area contributed by atoms with E-state index in [9.17, 15) is 23.2 Å². The predicted octanol–water partition coefficient (Wildman–Crippen LogP) is 7.15. The summed E-state index contributed by atoms with van der Waals surface area (Å²) in [4.78, 5) is 15.0. The Balaban J connectivity index is 1.23. The van der Waals surface area contributed by atoms with E-state index in [4.69, 9.17) is 4.74 Å². The average molecular weight is 501 g/mol. The van der Waals surface area contributed by atoms with Crippen molar-refractivity contribution < 1.29 is 22.7 Å². The van der Waals surface area contributed by atoms with E-state index >= 15 is 0 Å². The lowest BCUT2D eigenvalue weighted by molar-refractivity contribution is -0.137. The van der Waals surface area contributed by atoms with Crippen molar-refractivity contribution >= 4 is 11.7 Å². The molecule has 0 N–H and O–H groups in total. The SMILES string of the molecule is N#Cc1ccc(C(F)(F)F)cc1C1=CC2CCC(C1)N2C(=O)OCC1c2ccccc2-c2ccccc21. The summed E-state index contributed by atoms with van der Waals surface area (Å²) in [5.41, 5.74) is 4.96. The van der Waals surface area contributed by atoms with Crippen LogP contribution in [0.4, 0.5) is 18.0 Å². The molecular formula is C30H23F3N2O2. The summed E-state index contributed by atoms with van der Waals surface area (Å²) in [6.07, 6.45) is -1.24. The molecule has 1 saturated heterocycles. The molecule has 6 rings (SSSR count). The number of fused-ring (bicyclic) bond motifs is 5. The van der Waals surface area contributed by atoms with Crippen LogP contribution in [-0.4, -0.2) is 29.7 Å². The molecule has 3 aromatic carbocycles. The quantitative estimate of drug-likeness (QED) is 0.384. The molecule has 3 aliphatic rings. The molecule has 0 saturated carbocycles. The van der Waals surface area contributed by atoms with Gasteiger partial charge in [0.25, 0.3) is 0 Å². The molecule has 2 unspecified atom stereocenters. The minimum Gasteiger partial charge on any atom is -0.448 e. The maximum atomic E-state index is 13.3. The van der Waals surface area contributed by atoms with Gasteiger partial charge in [0, 0.05) is 12.0 Å². The maximum absolute atomic E-state index is 13.3. The van der Waals surface area contributed by atoms with Crippen LogP contribution in [0.15, 0.2) is 72.8 Å². The summed E-state index contributed by atoms with van der Waals surface area (Å²) in [7, 11) is 0. The minimum atomic E-state index is -4.50. The minimum absolute atomic E-state index is 0.0480. The van der Waals surface area contributed by atoms with Crippen LogP contribution in [0.3, 0.4) is 0 Å². The molecule has 2 atom stereocenters. The third-order valence-electron chi connectivity index (χ3n) is 7.76. The van der Waals surface area contributed by atoms with Crippen molar-refractivity contribution in [2.24, 2.45) is 0 Å². The summed E-state index contributed by atoms with van der Waals surface area (Å²) in [5.74, 6) is -0.0480. The first-order chi connectivity index (χ1) is 17.8. The van der Waals surface area contributed by atoms with E-state index in [1.807, 2.05) is 36.4 Å². The number of nitrogens with zero attached hydrogens (tertiary/aromatic N) is 2. The number of hydrogen-bond acceptors (Lipinski definition) is 3. The standard InChI is InChI=1S/C30H23F3N2O2/c31-30(32,33)20-10-9-18(16-34)27(15-20)19-13-21-11-12-22(14-19)35(21)29(36)37-17-28-25-7-3-1-5-23(25)24-6-2-4-8-26(24)28/h1-10,13,15,21-22,28H,11-12,14,17H2. The van der Waals surface area contributed by atoms with Gasteiger partial charge in [-0.3, -0.25) is 4.90 Å². The molecule has 186 valence electrons. The van der Waals surface area contributed by atoms with Gasteiger partial charge in [0.15, 0.2) is 0 Å². The van der Waals surface area contributed by atoms with Crippen LogP contribution >= 0.6 is 0 Å². The van der Waals surface area contributed by atoms with Crippen molar-refractivity contribution in [2.75, 3.05) is 6.61 Å². The Morgan fingerprint density at radius 1 is 0.973 bits per heavy atom. The molecule has 2 bridgehead atoms. The van der Waals surface area contributed by atoms with Gasteiger partial charge in [-0.05, 0) is 70.9 Å². The van der Waals surface area contributed by atoms with Crippen LogP contribution in [-0.2, 0) is 10.9 Å². The van der Waals surface area contributed by atoms with Gasteiger partial charge in [0.1, 0.15) is 6.61 Å². The lowest BCUT2D eigenvalue weighted by Crippen LogP contribution is -2.43. The van der Waals surface area contributed by atoms with Gasteiger partial charge >= 0.3 is 12.3 Å². The van der Waals surface area contributed by atoms with Gasteiger partial charge in [-0.1, -0.05) is 54.6 Å². The molecule has 1 aliphatic carbocycles. The first-order valence-corrected chi connectivity index (χ1v) is 12.3. The van der Waals surface area contributed by atoms with E-state index in [1.165, 1.54) is 6.07 Å². The maximum Gasteiger partial charge on any atom is 0.416 e. The Bertz CT molecular complexity index is 1420. The highest BCUT2D eigenvalue weighted by molar-refractivity contribution is 5.80. The lowest BCUT2D eigenvalue weighted by Gasteiger charge is -2.34. The third-order valence-corrected chi connectivity index (χ3v) is 7.76. The Labute approximate surface area is 212 Å². The fourth-order valence-corrected chi connectivity index (χ4v) is 6.07. The number of hydrogen-bond donors (Lipinski definition) is 0. The van der Waals surface area contributed by atoms with Gasteiger partial charge in [-0.2, -0.15) is 18.4 Å². The molecule has 7 heteroatoms. The molecule has 0 aromatic heterocycles. The fraction of sp³-hybridized carbons (Fsp3) is 0.267. The lowest BCUT2D eigenvalue weighted by atomic mass is 9.90. The Morgan fingerprint density at radius 2 is 1.65 bits per heavy atom. The molecule has 2 aliphatic heterocycles. The second-order valence-electron chi connectivity index (χ2n) is 9.78. The van der Waals surface area contributed by atoms with Crippen molar-refractivity contribution in [3.8, 4) is 17.2 Å². The van der Waals surface area contributed by atoms with Gasteiger partial charge in [0.2, 0.25) is 0 Å². The molecule has 0 spiro atoms. The third kappa shape index (κ3) is 3.97. The van der Waals surface area contributed by atoms with Crippen molar-refractivity contribution in [3.63, 3.8) is 0 Å². The smallest absolute Gasteiger partial charge is 0.416 e. The fourth-order valence-electron chi connectivity index (χ4n) is 6.07. The molecular weight excluding hydrogens is 477 g/mol. The number of carbonyl (C=O) groups excluding carboxylic acids is 1. The van der Waals surface area contributed by atoms with Gasteiger partial charge in [-0.15, -0.1) is 0 Å². The normalized spacial score (nSPS) is 20.2. The first kappa shape index (κ1) is 23.4. The molecule has 3 aromatic rings. The number of benzene rings is 3. The van der Waals surface area contributed by atoms with Crippen molar-refractivity contribution in [1.82, 2.24) is 4.90 Å². The largest absolute Gasteiger partial charge is 0.448 e. The number of alkyl halides is 3. The summed E-state index contributed by atoms with van der Waals surface area (Å²) < 4.78 is 45.9. The second kappa shape index (κ2) is 8.81. The number of rotatable bonds is 3. The van der Waals surface area contributed by atoms with Crippen LogP contribution in [0.25, 0.3) is 16.7 Å². The molecule has 37 heavy (non-hydrogen) atoms. The number of ether oxygens (including phenoxy) is 1. The Morgan fingerprint density at radius 3 is 2.27 bits per heavy atom. The van der Waals surface area contributed by atoms with E-state index in [1.54, 1.807) is 4.90 Å². The van der Waals surface area contributed by atoms with E-state index in [0.717, 1.165) is 40.8 Å². The van der Waals surface area contributed by atoms with Crippen molar-refractivity contribution in [2.45, 2.75) is 43.4 Å². The highest BCUT2D eigenvalue weighted by Gasteiger charge is 2.42. The first-order valence-electron chi connectivity index (χ1n) is 12.3. The van der Waals surface area contributed by atoms with Crippen molar-refractivity contribution in [1.29, 1.82) is 5.26 Å². The molecule has 2 heterocycles. The second-order valence-corrected chi connectivity index (χ2v) is 9.78. The molecule has 1 amide bonds. The van der Waals surface area contributed by atoms with Crippen LogP contribution < -0.4 is 0 Å². The summed E-state index contributed by atoms with van der Waals surface area (Å²) >= 11 is 0. The van der Waals surface area contributed by atoms with Gasteiger partial charge in [0.05, 0.1) is 23.2 Å². The van der Waals surface area contributed by atoms with Crippen LogP contribution in [0.1, 0.15) is 53.0 Å². The molecule has 0 radical (unpaired) electrons. The monoisotopic (exact) mass is 500 g/mol. The van der Waals surface area contributed by atoms with E-state index in [2.05, 4.69) is 24.3 Å². The van der Waals surface area contributed by atoms with E-state index in [-0.39, 0.29) is 30.2 Å². The van der Waals surface area contributed by atoms with E-state index < -0.39 is 17.8 Å². The Hall–Kier alpha value is -4.05. The average Bonchev–Trinajstić information content (AvgIpc) is 3.36. The predicted molar refractivity (Wildman–Crippen MR) is 132 cm³/mol. The zero-order valence-corrected chi connectivity index (χ0v) is 19.8. The van der Waals surface area contributed by atoms with Gasteiger partial charge < -0.3 is 4.74 Å². The summed E-state index contributed by atoms with van der Waals surface area (Å²) in [5, 5.41) is 9.50. The highest BCUT2D eigenvalue weighted by Crippen LogP contribution is 2.45. The summed E-state index contributed by atoms with van der Waals surface area (Å²) in [6, 6.07) is 21.0. The van der Waals surface area contributed by atoms with Crippen molar-refractivity contribution in [3.05, 3.63) is 101 Å². The van der Waals surface area contributed by atoms with E-state index in [0.29, 0.717) is 24.0 Å². The Kier molecular flexibility index (Phi) is 5.56. The topological polar surface area (TPSA) is 53.3 Å². The number of carbonyl (C=O) groups is 1. The van der Waals surface area contributed by atoms with Crippen LogP contribution in [0, 0.1) is 11.3 Å². The van der Waals surface area contributed by atoms with Crippen LogP contribution in [0.2, 0.25) is 0 Å². The van der Waals surface area contributed by atoms with Gasteiger partial charge in [-0.25, -0.2) is 4.79 Å². The number of halogens is 3. The zero-order chi connectivity index (χ0) is 25.7. The van der Waals surface area contributed by atoms with Crippen LogP contribution in [0.5, 0.6) is 0 Å². The number of nitriles is 1. The number of amides is 1.